The van der Waals surface area contributed by atoms with Gasteiger partial charge in [0, 0.05) is 45.1 Å². The Hall–Kier alpha value is -2.91. The summed E-state index contributed by atoms with van der Waals surface area (Å²) in [6.45, 7) is 4.47. The summed E-state index contributed by atoms with van der Waals surface area (Å²) in [5.41, 5.74) is 2.04. The molecule has 6 nitrogen and oxygen atoms in total. The lowest BCUT2D eigenvalue weighted by molar-refractivity contribution is 0.0169. The zero-order valence-electron chi connectivity index (χ0n) is 15.8. The number of rotatable bonds is 4. The number of carbonyl (C=O) groups is 1. The molecule has 6 heteroatoms. The Morgan fingerprint density at radius 1 is 1.25 bits per heavy atom. The van der Waals surface area contributed by atoms with E-state index in [4.69, 9.17) is 5.26 Å². The van der Waals surface area contributed by atoms with Gasteiger partial charge in [0.15, 0.2) is 0 Å². The second-order valence-electron chi connectivity index (χ2n) is 7.81. The second kappa shape index (κ2) is 7.99. The van der Waals surface area contributed by atoms with Crippen LogP contribution in [0.1, 0.15) is 34.3 Å². The molecule has 2 aromatic rings. The second-order valence-corrected chi connectivity index (χ2v) is 7.81. The molecule has 0 saturated carbocycles. The van der Waals surface area contributed by atoms with Crippen LogP contribution in [0.5, 0.6) is 5.75 Å². The van der Waals surface area contributed by atoms with Gasteiger partial charge in [0.05, 0.1) is 11.1 Å². The van der Waals surface area contributed by atoms with Gasteiger partial charge in [-0.05, 0) is 54.5 Å². The average molecular weight is 376 g/mol. The summed E-state index contributed by atoms with van der Waals surface area (Å²) in [5.74, 6) is 1.27. The number of nitrogens with zero attached hydrogens (tertiary/aromatic N) is 4. The van der Waals surface area contributed by atoms with E-state index in [2.05, 4.69) is 9.88 Å². The van der Waals surface area contributed by atoms with Gasteiger partial charge in [-0.1, -0.05) is 6.07 Å². The average Bonchev–Trinajstić information content (AvgIpc) is 2.71. The first-order valence-electron chi connectivity index (χ1n) is 9.77. The number of amides is 1. The number of aromatic nitrogens is 1. The third-order valence-corrected chi connectivity index (χ3v) is 5.89. The summed E-state index contributed by atoms with van der Waals surface area (Å²) >= 11 is 0. The van der Waals surface area contributed by atoms with Crippen molar-refractivity contribution >= 4 is 5.91 Å². The Morgan fingerprint density at radius 3 is 2.86 bits per heavy atom. The van der Waals surface area contributed by atoms with Crippen LogP contribution < -0.4 is 0 Å². The molecule has 144 valence electrons. The van der Waals surface area contributed by atoms with Gasteiger partial charge in [0.2, 0.25) is 0 Å². The van der Waals surface area contributed by atoms with E-state index < -0.39 is 0 Å². The molecule has 1 aromatic heterocycles. The predicted octanol–water partition coefficient (Wildman–Crippen LogP) is 2.64. The normalized spacial score (nSPS) is 20.4. The lowest BCUT2D eigenvalue weighted by Crippen LogP contribution is -2.53. The predicted molar refractivity (Wildman–Crippen MR) is 104 cm³/mol. The molecule has 3 heterocycles. The minimum atomic E-state index is 0.0355. The number of pyridine rings is 1. The maximum Gasteiger partial charge on any atom is 0.255 e. The number of aromatic hydroxyl groups is 1. The molecule has 4 rings (SSSR count). The molecule has 1 N–H and O–H groups in total. The molecule has 2 aliphatic heterocycles. The Labute approximate surface area is 165 Å². The van der Waals surface area contributed by atoms with Crippen molar-refractivity contribution in [2.75, 3.05) is 26.2 Å². The first kappa shape index (κ1) is 18.5. The third-order valence-electron chi connectivity index (χ3n) is 5.89. The quantitative estimate of drug-likeness (QED) is 0.887. The summed E-state index contributed by atoms with van der Waals surface area (Å²) in [6.07, 6.45) is 5.56. The molecule has 0 spiro atoms. The third kappa shape index (κ3) is 3.85. The number of hydrogen-bond acceptors (Lipinski definition) is 5. The number of hydrogen-bond donors (Lipinski definition) is 1. The number of phenols is 1. The van der Waals surface area contributed by atoms with Gasteiger partial charge in [0.25, 0.3) is 5.91 Å². The van der Waals surface area contributed by atoms with Crippen molar-refractivity contribution in [1.29, 1.82) is 5.26 Å². The van der Waals surface area contributed by atoms with Gasteiger partial charge in [0.1, 0.15) is 11.8 Å². The van der Waals surface area contributed by atoms with Crippen molar-refractivity contribution in [2.24, 2.45) is 11.8 Å². The zero-order valence-corrected chi connectivity index (χ0v) is 15.8. The SMILES string of the molecule is N#Cc1cc(CN2CC(C3CCCN(C(=O)c4cccnc4)C3)C2)ccc1O. The lowest BCUT2D eigenvalue weighted by Gasteiger charge is -2.46. The highest BCUT2D eigenvalue weighted by molar-refractivity contribution is 5.93. The van der Waals surface area contributed by atoms with Crippen molar-refractivity contribution in [3.63, 3.8) is 0 Å². The van der Waals surface area contributed by atoms with E-state index in [1.165, 1.54) is 6.42 Å². The highest BCUT2D eigenvalue weighted by Gasteiger charge is 2.36. The van der Waals surface area contributed by atoms with E-state index in [-0.39, 0.29) is 11.7 Å². The molecule has 28 heavy (non-hydrogen) atoms. The number of nitriles is 1. The van der Waals surface area contributed by atoms with E-state index in [1.807, 2.05) is 23.1 Å². The van der Waals surface area contributed by atoms with Crippen LogP contribution in [0.25, 0.3) is 0 Å². The first-order valence-corrected chi connectivity index (χ1v) is 9.77. The van der Waals surface area contributed by atoms with Crippen molar-refractivity contribution in [3.8, 4) is 11.8 Å². The number of carbonyl (C=O) groups excluding carboxylic acids is 1. The Kier molecular flexibility index (Phi) is 5.27. The maximum atomic E-state index is 12.7. The van der Waals surface area contributed by atoms with Crippen molar-refractivity contribution in [1.82, 2.24) is 14.8 Å². The van der Waals surface area contributed by atoms with E-state index >= 15 is 0 Å². The van der Waals surface area contributed by atoms with Crippen molar-refractivity contribution in [3.05, 3.63) is 59.4 Å². The summed E-state index contributed by atoms with van der Waals surface area (Å²) < 4.78 is 0. The molecule has 1 amide bonds. The van der Waals surface area contributed by atoms with Crippen LogP contribution in [0.2, 0.25) is 0 Å². The van der Waals surface area contributed by atoms with Gasteiger partial charge >= 0.3 is 0 Å². The fourth-order valence-electron chi connectivity index (χ4n) is 4.32. The van der Waals surface area contributed by atoms with Crippen LogP contribution in [0.4, 0.5) is 0 Å². The molecule has 0 aliphatic carbocycles. The Balaban J connectivity index is 1.31. The summed E-state index contributed by atoms with van der Waals surface area (Å²) in [5, 5.41) is 18.7. The smallest absolute Gasteiger partial charge is 0.255 e. The highest BCUT2D eigenvalue weighted by Crippen LogP contribution is 2.32. The minimum absolute atomic E-state index is 0.0355. The van der Waals surface area contributed by atoms with Gasteiger partial charge in [-0.2, -0.15) is 5.26 Å². The summed E-state index contributed by atoms with van der Waals surface area (Å²) in [4.78, 5) is 21.1. The fourth-order valence-corrected chi connectivity index (χ4v) is 4.32. The van der Waals surface area contributed by atoms with Crippen molar-refractivity contribution < 1.29 is 9.90 Å². The van der Waals surface area contributed by atoms with Crippen LogP contribution >= 0.6 is 0 Å². The fraction of sp³-hybridized carbons (Fsp3) is 0.409. The van der Waals surface area contributed by atoms with Gasteiger partial charge in [-0.15, -0.1) is 0 Å². The standard InChI is InChI=1S/C22H24N4O2/c23-10-19-9-16(5-6-21(19)27)12-25-13-20(14-25)18-4-2-8-26(15-18)22(28)17-3-1-7-24-11-17/h1,3,5-7,9,11,18,20,27H,2,4,8,12-15H2. The minimum Gasteiger partial charge on any atom is -0.507 e. The van der Waals surface area contributed by atoms with E-state index in [9.17, 15) is 9.90 Å². The Morgan fingerprint density at radius 2 is 2.11 bits per heavy atom. The van der Waals surface area contributed by atoms with Crippen LogP contribution in [0.3, 0.4) is 0 Å². The topological polar surface area (TPSA) is 80.5 Å². The summed E-state index contributed by atoms with van der Waals surface area (Å²) in [6, 6.07) is 10.9. The molecule has 1 aromatic carbocycles. The lowest BCUT2D eigenvalue weighted by atomic mass is 9.80. The molecule has 2 fully saturated rings. The molecule has 0 bridgehead atoms. The van der Waals surface area contributed by atoms with E-state index in [0.29, 0.717) is 23.0 Å². The first-order chi connectivity index (χ1) is 13.6. The van der Waals surface area contributed by atoms with E-state index in [0.717, 1.165) is 44.7 Å². The van der Waals surface area contributed by atoms with Gasteiger partial charge < -0.3 is 10.0 Å². The summed E-state index contributed by atoms with van der Waals surface area (Å²) in [7, 11) is 0. The highest BCUT2D eigenvalue weighted by atomic mass is 16.3. The molecule has 2 saturated heterocycles. The van der Waals surface area contributed by atoms with Crippen LogP contribution in [-0.2, 0) is 6.54 Å². The van der Waals surface area contributed by atoms with Crippen LogP contribution in [0.15, 0.2) is 42.7 Å². The van der Waals surface area contributed by atoms with Crippen LogP contribution in [-0.4, -0.2) is 52.0 Å². The largest absolute Gasteiger partial charge is 0.507 e. The van der Waals surface area contributed by atoms with Gasteiger partial charge in [-0.25, -0.2) is 0 Å². The molecular weight excluding hydrogens is 352 g/mol. The van der Waals surface area contributed by atoms with Crippen molar-refractivity contribution in [2.45, 2.75) is 19.4 Å². The number of benzene rings is 1. The number of piperidine rings is 1. The monoisotopic (exact) mass is 376 g/mol. The molecule has 1 atom stereocenters. The molecule has 2 aliphatic rings. The zero-order chi connectivity index (χ0) is 19.5. The molecule has 0 radical (unpaired) electrons. The number of phenolic OH excluding ortho intramolecular Hbond substituents is 1. The van der Waals surface area contributed by atoms with E-state index in [1.54, 1.807) is 30.6 Å². The number of likely N-dealkylation sites (tertiary alicyclic amines) is 2. The van der Waals surface area contributed by atoms with Crippen LogP contribution in [0, 0.1) is 23.2 Å². The molecule has 1 unspecified atom stereocenters. The van der Waals surface area contributed by atoms with Gasteiger partial charge in [-0.3, -0.25) is 14.7 Å². The Bertz CT molecular complexity index is 887. The molecular formula is C22H24N4O2. The maximum absolute atomic E-state index is 12.7.